The molecule has 2 N–H and O–H groups in total. The van der Waals surface area contributed by atoms with Gasteiger partial charge in [-0.15, -0.1) is 11.3 Å². The molecule has 2 aromatic heterocycles. The molecule has 0 aliphatic carbocycles. The second-order valence-corrected chi connectivity index (χ2v) is 7.44. The van der Waals surface area contributed by atoms with Crippen molar-refractivity contribution in [1.82, 2.24) is 15.1 Å². The summed E-state index contributed by atoms with van der Waals surface area (Å²) < 4.78 is 29.5. The normalized spacial score (nSPS) is 11.8. The highest BCUT2D eigenvalue weighted by molar-refractivity contribution is 7.93. The Morgan fingerprint density at radius 3 is 2.67 bits per heavy atom. The third-order valence-electron chi connectivity index (χ3n) is 3.05. The van der Waals surface area contributed by atoms with E-state index in [1.165, 1.54) is 11.3 Å². The first-order chi connectivity index (χ1) is 9.85. The van der Waals surface area contributed by atoms with Gasteiger partial charge in [0.1, 0.15) is 4.90 Å². The van der Waals surface area contributed by atoms with Crippen molar-refractivity contribution in [3.05, 3.63) is 27.7 Å². The fourth-order valence-corrected chi connectivity index (χ4v) is 4.99. The molecule has 0 saturated carbocycles. The fraction of sp³-hybridized carbons (Fsp3) is 0.462. The zero-order valence-corrected chi connectivity index (χ0v) is 14.2. The molecule has 0 saturated heterocycles. The van der Waals surface area contributed by atoms with Gasteiger partial charge in [0.05, 0.1) is 11.4 Å². The number of sulfonamides is 1. The Kier molecular flexibility index (Phi) is 4.70. The molecule has 0 radical (unpaired) electrons. The van der Waals surface area contributed by atoms with E-state index in [0.717, 1.165) is 17.0 Å². The number of hydrogen-bond donors (Lipinski definition) is 2. The highest BCUT2D eigenvalue weighted by Crippen LogP contribution is 2.29. The molecule has 8 heteroatoms. The van der Waals surface area contributed by atoms with Crippen molar-refractivity contribution in [2.75, 3.05) is 11.3 Å². The van der Waals surface area contributed by atoms with Crippen LogP contribution in [-0.2, 0) is 23.6 Å². The largest absolute Gasteiger partial charge is 0.312 e. The maximum absolute atomic E-state index is 12.7. The van der Waals surface area contributed by atoms with Gasteiger partial charge in [-0.3, -0.25) is 9.40 Å². The van der Waals surface area contributed by atoms with Crippen LogP contribution in [0.2, 0.25) is 0 Å². The van der Waals surface area contributed by atoms with E-state index in [1.807, 2.05) is 19.2 Å². The summed E-state index contributed by atoms with van der Waals surface area (Å²) >= 11 is 1.46. The van der Waals surface area contributed by atoms with Gasteiger partial charge in [0, 0.05) is 24.7 Å². The number of nitrogens with one attached hydrogen (secondary N) is 2. The smallest absolute Gasteiger partial charge is 0.263 e. The summed E-state index contributed by atoms with van der Waals surface area (Å²) in [5, 5.41) is 9.19. The van der Waals surface area contributed by atoms with Crippen molar-refractivity contribution < 1.29 is 8.42 Å². The van der Waals surface area contributed by atoms with Crippen LogP contribution in [-0.4, -0.2) is 24.7 Å². The summed E-state index contributed by atoms with van der Waals surface area (Å²) in [7, 11) is -1.84. The average molecular weight is 328 g/mol. The monoisotopic (exact) mass is 328 g/mol. The van der Waals surface area contributed by atoms with Crippen LogP contribution in [0, 0.1) is 13.8 Å². The second kappa shape index (κ2) is 6.17. The summed E-state index contributed by atoms with van der Waals surface area (Å²) in [6, 6.07) is 0. The topological polar surface area (TPSA) is 76.0 Å². The molecule has 6 nitrogen and oxygen atoms in total. The number of rotatable bonds is 6. The lowest BCUT2D eigenvalue weighted by atomic mass is 10.3. The van der Waals surface area contributed by atoms with Gasteiger partial charge in [0.25, 0.3) is 10.0 Å². The lowest BCUT2D eigenvalue weighted by Crippen LogP contribution is -2.18. The Bertz CT molecular complexity index is 731. The van der Waals surface area contributed by atoms with Gasteiger partial charge in [-0.05, 0) is 31.3 Å². The molecule has 0 aromatic carbocycles. The molecule has 0 amide bonds. The number of nitrogens with zero attached hydrogens (tertiary/aromatic N) is 2. The van der Waals surface area contributed by atoms with E-state index in [0.29, 0.717) is 22.8 Å². The highest BCUT2D eigenvalue weighted by atomic mass is 32.2. The molecule has 0 fully saturated rings. The van der Waals surface area contributed by atoms with Crippen molar-refractivity contribution >= 4 is 27.0 Å². The quantitative estimate of drug-likeness (QED) is 0.850. The van der Waals surface area contributed by atoms with Crippen LogP contribution < -0.4 is 10.0 Å². The molecule has 0 bridgehead atoms. The van der Waals surface area contributed by atoms with Crippen LogP contribution in [0.3, 0.4) is 0 Å². The maximum atomic E-state index is 12.7. The average Bonchev–Trinajstić information content (AvgIpc) is 2.90. The number of anilines is 1. The molecule has 116 valence electrons. The third-order valence-corrected chi connectivity index (χ3v) is 5.88. The van der Waals surface area contributed by atoms with Crippen molar-refractivity contribution in [2.24, 2.45) is 7.05 Å². The van der Waals surface area contributed by atoms with Crippen LogP contribution in [0.25, 0.3) is 0 Å². The van der Waals surface area contributed by atoms with Gasteiger partial charge >= 0.3 is 0 Å². The zero-order valence-electron chi connectivity index (χ0n) is 12.6. The molecule has 2 heterocycles. The number of hydrogen-bond acceptors (Lipinski definition) is 5. The SMILES string of the molecule is CCNCc1scc(C)c1S(=O)(=O)Nc1cn(C)nc1C. The Hall–Kier alpha value is -1.38. The zero-order chi connectivity index (χ0) is 15.6. The standard InChI is InChI=1S/C13H20N4O2S2/c1-5-14-6-12-13(9(2)8-20-12)21(18,19)16-11-7-17(4)15-10(11)3/h7-8,14,16H,5-6H2,1-4H3. The molecule has 0 spiro atoms. The second-order valence-electron chi connectivity index (χ2n) is 4.86. The van der Waals surface area contributed by atoms with Gasteiger partial charge in [-0.25, -0.2) is 8.42 Å². The Labute approximate surface area is 129 Å². The van der Waals surface area contributed by atoms with Crippen LogP contribution in [0.5, 0.6) is 0 Å². The first kappa shape index (κ1) is 16.0. The summed E-state index contributed by atoms with van der Waals surface area (Å²) in [6.45, 7) is 6.93. The molecular formula is C13H20N4O2S2. The van der Waals surface area contributed by atoms with Gasteiger partial charge < -0.3 is 5.32 Å². The van der Waals surface area contributed by atoms with E-state index in [2.05, 4.69) is 15.1 Å². The molecule has 21 heavy (non-hydrogen) atoms. The number of aryl methyl sites for hydroxylation is 3. The molecule has 0 unspecified atom stereocenters. The van der Waals surface area contributed by atoms with Gasteiger partial charge in [-0.2, -0.15) is 5.10 Å². The van der Waals surface area contributed by atoms with Crippen LogP contribution in [0.1, 0.15) is 23.1 Å². The van der Waals surface area contributed by atoms with E-state index in [1.54, 1.807) is 24.9 Å². The minimum atomic E-state index is -3.60. The first-order valence-electron chi connectivity index (χ1n) is 6.66. The summed E-state index contributed by atoms with van der Waals surface area (Å²) in [4.78, 5) is 1.19. The van der Waals surface area contributed by atoms with E-state index in [-0.39, 0.29) is 0 Å². The third kappa shape index (κ3) is 3.45. The van der Waals surface area contributed by atoms with Crippen molar-refractivity contribution in [3.8, 4) is 0 Å². The van der Waals surface area contributed by atoms with Crippen molar-refractivity contribution in [1.29, 1.82) is 0 Å². The first-order valence-corrected chi connectivity index (χ1v) is 9.02. The van der Waals surface area contributed by atoms with Crippen LogP contribution >= 0.6 is 11.3 Å². The molecule has 0 aliphatic rings. The summed E-state index contributed by atoms with van der Waals surface area (Å²) in [5.41, 5.74) is 1.93. The van der Waals surface area contributed by atoms with E-state index in [4.69, 9.17) is 0 Å². The number of thiophene rings is 1. The van der Waals surface area contributed by atoms with Crippen LogP contribution in [0.4, 0.5) is 5.69 Å². The summed E-state index contributed by atoms with van der Waals surface area (Å²) in [5.74, 6) is 0. The lowest BCUT2D eigenvalue weighted by molar-refractivity contribution is 0.599. The number of aromatic nitrogens is 2. The van der Waals surface area contributed by atoms with E-state index < -0.39 is 10.0 Å². The van der Waals surface area contributed by atoms with Crippen molar-refractivity contribution in [3.63, 3.8) is 0 Å². The fourth-order valence-electron chi connectivity index (χ4n) is 2.10. The molecular weight excluding hydrogens is 308 g/mol. The minimum absolute atomic E-state index is 0.372. The van der Waals surface area contributed by atoms with E-state index >= 15 is 0 Å². The van der Waals surface area contributed by atoms with Gasteiger partial charge in [0.15, 0.2) is 0 Å². The lowest BCUT2D eigenvalue weighted by Gasteiger charge is -2.09. The predicted octanol–water partition coefficient (Wildman–Crippen LogP) is 2.01. The Balaban J connectivity index is 2.35. The molecule has 0 aliphatic heterocycles. The minimum Gasteiger partial charge on any atom is -0.312 e. The van der Waals surface area contributed by atoms with Gasteiger partial charge in [-0.1, -0.05) is 6.92 Å². The van der Waals surface area contributed by atoms with Gasteiger partial charge in [0.2, 0.25) is 0 Å². The Morgan fingerprint density at radius 1 is 1.38 bits per heavy atom. The molecule has 2 rings (SSSR count). The molecule has 0 atom stereocenters. The van der Waals surface area contributed by atoms with Crippen molar-refractivity contribution in [2.45, 2.75) is 32.2 Å². The Morgan fingerprint density at radius 2 is 2.10 bits per heavy atom. The van der Waals surface area contributed by atoms with E-state index in [9.17, 15) is 8.42 Å². The summed E-state index contributed by atoms with van der Waals surface area (Å²) in [6.07, 6.45) is 1.67. The van der Waals surface area contributed by atoms with Crippen LogP contribution in [0.15, 0.2) is 16.5 Å². The predicted molar refractivity (Wildman–Crippen MR) is 85.2 cm³/mol. The maximum Gasteiger partial charge on any atom is 0.263 e. The highest BCUT2D eigenvalue weighted by Gasteiger charge is 2.24. The molecule has 2 aromatic rings.